The Kier molecular flexibility index (Phi) is 4.68. The van der Waals surface area contributed by atoms with Gasteiger partial charge in [0, 0.05) is 17.5 Å². The van der Waals surface area contributed by atoms with Gasteiger partial charge in [0.2, 0.25) is 0 Å². The maximum atomic E-state index is 5.24. The third kappa shape index (κ3) is 3.13. The summed E-state index contributed by atoms with van der Waals surface area (Å²) in [5, 5.41) is 4.08. The molecule has 2 unspecified atom stereocenters. The molecule has 2 atom stereocenters. The van der Waals surface area contributed by atoms with Gasteiger partial charge >= 0.3 is 0 Å². The molecule has 17 heavy (non-hydrogen) atoms. The summed E-state index contributed by atoms with van der Waals surface area (Å²) in [5.41, 5.74) is 1.23. The van der Waals surface area contributed by atoms with Crippen molar-refractivity contribution in [2.24, 2.45) is 0 Å². The molecule has 2 rings (SSSR count). The summed E-state index contributed by atoms with van der Waals surface area (Å²) in [5.74, 6) is 2.11. The van der Waals surface area contributed by atoms with E-state index in [1.807, 2.05) is 13.2 Å². The zero-order valence-corrected chi connectivity index (χ0v) is 11.3. The van der Waals surface area contributed by atoms with Crippen molar-refractivity contribution in [1.82, 2.24) is 10.3 Å². The summed E-state index contributed by atoms with van der Waals surface area (Å²) in [6.07, 6.45) is 7.68. The number of hydrogen-bond donors (Lipinski definition) is 1. The monoisotopic (exact) mass is 252 g/mol. The van der Waals surface area contributed by atoms with Gasteiger partial charge in [0.1, 0.15) is 5.75 Å². The van der Waals surface area contributed by atoms with Crippen LogP contribution in [0.15, 0.2) is 18.5 Å². The van der Waals surface area contributed by atoms with Crippen LogP contribution in [0.4, 0.5) is 0 Å². The summed E-state index contributed by atoms with van der Waals surface area (Å²) in [7, 11) is 3.71. The molecule has 0 saturated carbocycles. The second-order valence-corrected chi connectivity index (χ2v) is 5.68. The lowest BCUT2D eigenvalue weighted by Gasteiger charge is -2.29. The van der Waals surface area contributed by atoms with E-state index in [1.165, 1.54) is 30.6 Å². The lowest BCUT2D eigenvalue weighted by Crippen LogP contribution is -2.29. The summed E-state index contributed by atoms with van der Waals surface area (Å²) >= 11 is 2.07. The molecule has 0 radical (unpaired) electrons. The van der Waals surface area contributed by atoms with E-state index < -0.39 is 0 Å². The molecular formula is C13H20N2OS. The van der Waals surface area contributed by atoms with Gasteiger partial charge in [0.25, 0.3) is 0 Å². The van der Waals surface area contributed by atoms with Crippen LogP contribution in [-0.2, 0) is 0 Å². The van der Waals surface area contributed by atoms with Crippen molar-refractivity contribution in [1.29, 1.82) is 0 Å². The zero-order valence-electron chi connectivity index (χ0n) is 10.5. The van der Waals surface area contributed by atoms with Crippen LogP contribution in [0.1, 0.15) is 30.9 Å². The summed E-state index contributed by atoms with van der Waals surface area (Å²) < 4.78 is 5.24. The number of aromatic nitrogens is 1. The molecule has 2 heterocycles. The van der Waals surface area contributed by atoms with Crippen LogP contribution in [0.2, 0.25) is 0 Å². The SMILES string of the molecule is CNC(c1cncc(OC)c1)C1CCCCS1. The smallest absolute Gasteiger partial charge is 0.137 e. The van der Waals surface area contributed by atoms with Gasteiger partial charge in [0.05, 0.1) is 13.3 Å². The van der Waals surface area contributed by atoms with Gasteiger partial charge in [-0.15, -0.1) is 0 Å². The minimum absolute atomic E-state index is 0.378. The van der Waals surface area contributed by atoms with Gasteiger partial charge in [-0.1, -0.05) is 6.42 Å². The highest BCUT2D eigenvalue weighted by atomic mass is 32.2. The highest BCUT2D eigenvalue weighted by Gasteiger charge is 2.24. The highest BCUT2D eigenvalue weighted by Crippen LogP contribution is 2.35. The number of nitrogens with one attached hydrogen (secondary N) is 1. The molecule has 1 fully saturated rings. The summed E-state index contributed by atoms with van der Waals surface area (Å²) in [6.45, 7) is 0. The molecule has 0 bridgehead atoms. The minimum atomic E-state index is 0.378. The number of hydrogen-bond acceptors (Lipinski definition) is 4. The van der Waals surface area contributed by atoms with Gasteiger partial charge in [-0.3, -0.25) is 4.98 Å². The van der Waals surface area contributed by atoms with E-state index in [9.17, 15) is 0 Å². The Balaban J connectivity index is 2.15. The summed E-state index contributed by atoms with van der Waals surface area (Å²) in [6, 6.07) is 2.46. The number of thioether (sulfide) groups is 1. The van der Waals surface area contributed by atoms with Gasteiger partial charge in [0.15, 0.2) is 0 Å². The van der Waals surface area contributed by atoms with Crippen molar-refractivity contribution in [3.8, 4) is 5.75 Å². The van der Waals surface area contributed by atoms with Crippen molar-refractivity contribution in [3.05, 3.63) is 24.0 Å². The minimum Gasteiger partial charge on any atom is -0.495 e. The number of nitrogens with zero attached hydrogens (tertiary/aromatic N) is 1. The molecule has 0 spiro atoms. The van der Waals surface area contributed by atoms with Crippen LogP contribution >= 0.6 is 11.8 Å². The average molecular weight is 252 g/mol. The van der Waals surface area contributed by atoms with E-state index in [0.29, 0.717) is 11.3 Å². The third-order valence-corrected chi connectivity index (χ3v) is 4.69. The summed E-state index contributed by atoms with van der Waals surface area (Å²) in [4.78, 5) is 4.24. The third-order valence-electron chi connectivity index (χ3n) is 3.23. The van der Waals surface area contributed by atoms with Gasteiger partial charge in [-0.2, -0.15) is 11.8 Å². The number of rotatable bonds is 4. The van der Waals surface area contributed by atoms with Crippen LogP contribution in [0.5, 0.6) is 5.75 Å². The van der Waals surface area contributed by atoms with Crippen molar-refractivity contribution >= 4 is 11.8 Å². The van der Waals surface area contributed by atoms with Crippen molar-refractivity contribution in [2.75, 3.05) is 19.9 Å². The second kappa shape index (κ2) is 6.26. The predicted octanol–water partition coefficient (Wildman–Crippen LogP) is 2.64. The molecule has 1 aromatic heterocycles. The largest absolute Gasteiger partial charge is 0.495 e. The van der Waals surface area contributed by atoms with Crippen molar-refractivity contribution < 1.29 is 4.74 Å². The Morgan fingerprint density at radius 1 is 1.47 bits per heavy atom. The molecule has 0 aromatic carbocycles. The predicted molar refractivity (Wildman–Crippen MR) is 72.7 cm³/mol. The van der Waals surface area contributed by atoms with Crippen LogP contribution in [0, 0.1) is 0 Å². The highest BCUT2D eigenvalue weighted by molar-refractivity contribution is 8.00. The normalized spacial score (nSPS) is 22.1. The van der Waals surface area contributed by atoms with Crippen molar-refractivity contribution in [2.45, 2.75) is 30.6 Å². The molecule has 0 aliphatic carbocycles. The Morgan fingerprint density at radius 2 is 2.35 bits per heavy atom. The van der Waals surface area contributed by atoms with Crippen LogP contribution < -0.4 is 10.1 Å². The molecular weight excluding hydrogens is 232 g/mol. The molecule has 1 N–H and O–H groups in total. The van der Waals surface area contributed by atoms with Gasteiger partial charge < -0.3 is 10.1 Å². The van der Waals surface area contributed by atoms with Crippen LogP contribution in [0.3, 0.4) is 0 Å². The molecule has 4 heteroatoms. The standard InChI is InChI=1S/C13H20N2OS/c1-14-13(12-5-3-4-6-17-12)10-7-11(16-2)9-15-8-10/h7-9,12-14H,3-6H2,1-2H3. The van der Waals surface area contributed by atoms with E-state index in [-0.39, 0.29) is 0 Å². The fourth-order valence-electron chi connectivity index (χ4n) is 2.31. The van der Waals surface area contributed by atoms with E-state index in [0.717, 1.165) is 5.75 Å². The zero-order chi connectivity index (χ0) is 12.1. The molecule has 3 nitrogen and oxygen atoms in total. The Bertz CT molecular complexity index is 353. The Hall–Kier alpha value is -0.740. The number of methoxy groups -OCH3 is 1. The maximum absolute atomic E-state index is 5.24. The van der Waals surface area contributed by atoms with Gasteiger partial charge in [-0.05, 0) is 37.3 Å². The lowest BCUT2D eigenvalue weighted by molar-refractivity contribution is 0.410. The second-order valence-electron chi connectivity index (χ2n) is 4.33. The first kappa shape index (κ1) is 12.7. The number of pyridine rings is 1. The Labute approximate surface area is 107 Å². The first-order chi connectivity index (χ1) is 8.35. The quantitative estimate of drug-likeness (QED) is 0.893. The average Bonchev–Trinajstić information content (AvgIpc) is 2.41. The molecule has 1 saturated heterocycles. The van der Waals surface area contributed by atoms with Crippen LogP contribution in [0.25, 0.3) is 0 Å². The molecule has 94 valence electrons. The van der Waals surface area contributed by atoms with E-state index in [1.54, 1.807) is 13.3 Å². The molecule has 1 aliphatic heterocycles. The van der Waals surface area contributed by atoms with Crippen LogP contribution in [-0.4, -0.2) is 30.1 Å². The van der Waals surface area contributed by atoms with E-state index in [2.05, 4.69) is 28.1 Å². The fourth-order valence-corrected chi connectivity index (χ4v) is 3.81. The van der Waals surface area contributed by atoms with E-state index in [4.69, 9.17) is 4.74 Å². The molecule has 1 aliphatic rings. The topological polar surface area (TPSA) is 34.2 Å². The first-order valence-corrected chi connectivity index (χ1v) is 7.18. The maximum Gasteiger partial charge on any atom is 0.137 e. The molecule has 1 aromatic rings. The molecule has 0 amide bonds. The first-order valence-electron chi connectivity index (χ1n) is 6.13. The Morgan fingerprint density at radius 3 is 3.00 bits per heavy atom. The number of ether oxygens (including phenoxy) is 1. The van der Waals surface area contributed by atoms with Crippen molar-refractivity contribution in [3.63, 3.8) is 0 Å². The lowest BCUT2D eigenvalue weighted by atomic mass is 10.0. The fraction of sp³-hybridized carbons (Fsp3) is 0.615. The van der Waals surface area contributed by atoms with E-state index >= 15 is 0 Å². The van der Waals surface area contributed by atoms with Gasteiger partial charge in [-0.25, -0.2) is 0 Å².